The van der Waals surface area contributed by atoms with Gasteiger partial charge in [0.25, 0.3) is 0 Å². The van der Waals surface area contributed by atoms with Crippen LogP contribution in [0.25, 0.3) is 0 Å². The lowest BCUT2D eigenvalue weighted by atomic mass is 10.0. The Labute approximate surface area is 284 Å². The normalized spacial score (nSPS) is 12.2. The van der Waals surface area contributed by atoms with E-state index in [1.807, 2.05) is 0 Å². The van der Waals surface area contributed by atoms with Gasteiger partial charge in [-0.05, 0) is 25.7 Å². The van der Waals surface area contributed by atoms with Gasteiger partial charge in [-0.15, -0.1) is 0 Å². The van der Waals surface area contributed by atoms with Crippen molar-refractivity contribution < 1.29 is 14.6 Å². The zero-order valence-corrected chi connectivity index (χ0v) is 31.2. The molecule has 0 aliphatic carbocycles. The number of ether oxygens (including phenoxy) is 1. The lowest BCUT2D eigenvalue weighted by molar-refractivity contribution is -0.137. The van der Waals surface area contributed by atoms with Crippen molar-refractivity contribution in [1.29, 1.82) is 0 Å². The summed E-state index contributed by atoms with van der Waals surface area (Å²) in [6, 6.07) is 0. The van der Waals surface area contributed by atoms with Gasteiger partial charge in [0.15, 0.2) is 0 Å². The molecule has 1 N–H and O–H groups in total. The molecule has 3 heteroatoms. The smallest absolute Gasteiger partial charge is 0.303 e. The molecule has 3 nitrogen and oxygen atoms in total. The van der Waals surface area contributed by atoms with Crippen LogP contribution in [-0.4, -0.2) is 23.8 Å². The lowest BCUT2D eigenvalue weighted by Crippen LogP contribution is -2.14. The van der Waals surface area contributed by atoms with E-state index in [1.54, 1.807) is 0 Å². The summed E-state index contributed by atoms with van der Waals surface area (Å²) < 4.78 is 6.51. The van der Waals surface area contributed by atoms with Crippen molar-refractivity contribution in [1.82, 2.24) is 0 Å². The molecule has 0 heterocycles. The van der Waals surface area contributed by atoms with Gasteiger partial charge in [0.2, 0.25) is 0 Å². The summed E-state index contributed by atoms with van der Waals surface area (Å²) in [5.41, 5.74) is 0. The van der Waals surface area contributed by atoms with E-state index in [-0.39, 0.29) is 0 Å². The van der Waals surface area contributed by atoms with Crippen LogP contribution in [0, 0.1) is 0 Å². The molecule has 0 spiro atoms. The molecule has 0 aromatic rings. The molecule has 0 saturated carbocycles. The second-order valence-electron chi connectivity index (χ2n) is 14.5. The first-order valence-electron chi connectivity index (χ1n) is 21.0. The first-order chi connectivity index (χ1) is 22.2. The predicted octanol–water partition coefficient (Wildman–Crippen LogP) is 14.9. The fourth-order valence-corrected chi connectivity index (χ4v) is 6.78. The molecule has 270 valence electrons. The van der Waals surface area contributed by atoms with Crippen LogP contribution in [0.4, 0.5) is 0 Å². The topological polar surface area (TPSA) is 46.5 Å². The Bertz CT molecular complexity index is 548. The van der Waals surface area contributed by atoms with Crippen LogP contribution in [-0.2, 0) is 9.53 Å². The van der Waals surface area contributed by atoms with Gasteiger partial charge >= 0.3 is 5.97 Å². The summed E-state index contributed by atoms with van der Waals surface area (Å²) in [5.74, 6) is -0.651. The number of carbonyl (C=O) groups is 1. The highest BCUT2D eigenvalue weighted by atomic mass is 16.5. The highest BCUT2D eigenvalue weighted by Crippen LogP contribution is 2.19. The largest absolute Gasteiger partial charge is 0.481 e. The third-order valence-corrected chi connectivity index (χ3v) is 9.90. The maximum Gasteiger partial charge on any atom is 0.303 e. The summed E-state index contributed by atoms with van der Waals surface area (Å²) in [6.07, 6.45) is 49.8. The molecule has 0 saturated heterocycles. The number of carboxylic acids is 1. The molecule has 0 rings (SSSR count). The van der Waals surface area contributed by atoms with Crippen molar-refractivity contribution in [3.05, 3.63) is 0 Å². The van der Waals surface area contributed by atoms with E-state index in [0.717, 1.165) is 19.4 Å². The molecular weight excluding hydrogens is 552 g/mol. The molecular formula is C42H84O3. The van der Waals surface area contributed by atoms with Gasteiger partial charge in [0.05, 0.1) is 6.10 Å². The van der Waals surface area contributed by atoms with Crippen molar-refractivity contribution in [3.8, 4) is 0 Å². The molecule has 0 aliphatic rings. The maximum atomic E-state index is 10.6. The second kappa shape index (κ2) is 39.6. The van der Waals surface area contributed by atoms with Crippen LogP contribution in [0.3, 0.4) is 0 Å². The summed E-state index contributed by atoms with van der Waals surface area (Å²) in [7, 11) is 0. The predicted molar refractivity (Wildman–Crippen MR) is 200 cm³/mol. The molecule has 45 heavy (non-hydrogen) atoms. The number of hydrogen-bond acceptors (Lipinski definition) is 2. The molecule has 1 unspecified atom stereocenters. The highest BCUT2D eigenvalue weighted by molar-refractivity contribution is 5.66. The second-order valence-corrected chi connectivity index (χ2v) is 14.5. The molecule has 0 bridgehead atoms. The van der Waals surface area contributed by atoms with Crippen molar-refractivity contribution in [2.24, 2.45) is 0 Å². The van der Waals surface area contributed by atoms with Crippen LogP contribution in [0.1, 0.15) is 251 Å². The van der Waals surface area contributed by atoms with E-state index < -0.39 is 5.97 Å². The van der Waals surface area contributed by atoms with E-state index >= 15 is 0 Å². The Morgan fingerprint density at radius 3 is 0.978 bits per heavy atom. The molecule has 0 radical (unpaired) electrons. The van der Waals surface area contributed by atoms with Crippen molar-refractivity contribution >= 4 is 5.97 Å². The average molecular weight is 637 g/mol. The van der Waals surface area contributed by atoms with E-state index in [4.69, 9.17) is 9.84 Å². The molecule has 1 atom stereocenters. The first-order valence-corrected chi connectivity index (χ1v) is 21.0. The number of unbranched alkanes of at least 4 members (excludes halogenated alkanes) is 31. The lowest BCUT2D eigenvalue weighted by Gasteiger charge is -2.18. The third kappa shape index (κ3) is 39.5. The van der Waals surface area contributed by atoms with Gasteiger partial charge in [0.1, 0.15) is 0 Å². The summed E-state index contributed by atoms with van der Waals surface area (Å²) in [6.45, 7) is 5.59. The number of hydrogen-bond donors (Lipinski definition) is 1. The standard InChI is InChI=1S/C42H84O3/c1-3-5-7-9-11-13-15-20-24-28-32-36-40-45-41(37-33-29-25-21-17-14-12-10-8-6-4-2)38-34-30-26-22-18-16-19-23-27-31-35-39-42(43)44/h41H,3-40H2,1-2H3,(H,43,44). The summed E-state index contributed by atoms with van der Waals surface area (Å²) in [5, 5.41) is 8.72. The molecule has 0 amide bonds. The van der Waals surface area contributed by atoms with Crippen LogP contribution in [0.5, 0.6) is 0 Å². The fourth-order valence-electron chi connectivity index (χ4n) is 6.78. The number of aliphatic carboxylic acids is 1. The third-order valence-electron chi connectivity index (χ3n) is 9.90. The van der Waals surface area contributed by atoms with E-state index in [1.165, 1.54) is 218 Å². The van der Waals surface area contributed by atoms with Crippen LogP contribution in [0.15, 0.2) is 0 Å². The number of carboxylic acid groups (broad SMARTS) is 1. The summed E-state index contributed by atoms with van der Waals surface area (Å²) >= 11 is 0. The quantitative estimate of drug-likeness (QED) is 0.0681. The number of rotatable bonds is 40. The van der Waals surface area contributed by atoms with Gasteiger partial charge < -0.3 is 9.84 Å². The maximum absolute atomic E-state index is 10.6. The Morgan fingerprint density at radius 1 is 0.400 bits per heavy atom. The molecule has 0 aromatic carbocycles. The van der Waals surface area contributed by atoms with Crippen LogP contribution < -0.4 is 0 Å². The zero-order valence-electron chi connectivity index (χ0n) is 31.2. The minimum Gasteiger partial charge on any atom is -0.481 e. The zero-order chi connectivity index (χ0) is 32.7. The Hall–Kier alpha value is -0.570. The minimum absolute atomic E-state index is 0.338. The van der Waals surface area contributed by atoms with E-state index in [9.17, 15) is 4.79 Å². The molecule has 0 aliphatic heterocycles. The van der Waals surface area contributed by atoms with Gasteiger partial charge in [0, 0.05) is 13.0 Å². The van der Waals surface area contributed by atoms with Crippen molar-refractivity contribution in [2.45, 2.75) is 258 Å². The minimum atomic E-state index is -0.651. The van der Waals surface area contributed by atoms with Gasteiger partial charge in [-0.1, -0.05) is 219 Å². The monoisotopic (exact) mass is 637 g/mol. The fraction of sp³-hybridized carbons (Fsp3) is 0.976. The SMILES string of the molecule is CCCCCCCCCCCCCCOC(CCCCCCCCCCCCC)CCCCCCCCCCCCCC(=O)O. The van der Waals surface area contributed by atoms with E-state index in [0.29, 0.717) is 12.5 Å². The van der Waals surface area contributed by atoms with Gasteiger partial charge in [-0.3, -0.25) is 4.79 Å². The Balaban J connectivity index is 3.91. The van der Waals surface area contributed by atoms with E-state index in [2.05, 4.69) is 13.8 Å². The highest BCUT2D eigenvalue weighted by Gasteiger charge is 2.09. The van der Waals surface area contributed by atoms with Crippen LogP contribution in [0.2, 0.25) is 0 Å². The van der Waals surface area contributed by atoms with Gasteiger partial charge in [-0.2, -0.15) is 0 Å². The Morgan fingerprint density at radius 2 is 0.667 bits per heavy atom. The molecule has 0 aromatic heterocycles. The van der Waals surface area contributed by atoms with Crippen molar-refractivity contribution in [3.63, 3.8) is 0 Å². The molecule has 0 fully saturated rings. The van der Waals surface area contributed by atoms with Crippen LogP contribution >= 0.6 is 0 Å². The first kappa shape index (κ1) is 44.4. The van der Waals surface area contributed by atoms with Crippen molar-refractivity contribution in [2.75, 3.05) is 6.61 Å². The Kier molecular flexibility index (Phi) is 39.1. The van der Waals surface area contributed by atoms with Gasteiger partial charge in [-0.25, -0.2) is 0 Å². The summed E-state index contributed by atoms with van der Waals surface area (Å²) in [4.78, 5) is 10.6. The average Bonchev–Trinajstić information content (AvgIpc) is 3.03.